The third-order valence-electron chi connectivity index (χ3n) is 4.18. The minimum absolute atomic E-state index is 0.387. The molecule has 0 amide bonds. The molecule has 0 aliphatic heterocycles. The summed E-state index contributed by atoms with van der Waals surface area (Å²) in [5.74, 6) is 1.78. The lowest BCUT2D eigenvalue weighted by Crippen LogP contribution is -2.19. The molecule has 1 heterocycles. The van der Waals surface area contributed by atoms with Gasteiger partial charge in [-0.2, -0.15) is 0 Å². The maximum atomic E-state index is 4.32. The molecule has 1 aromatic carbocycles. The van der Waals surface area contributed by atoms with Gasteiger partial charge in [0, 0.05) is 6.04 Å². The van der Waals surface area contributed by atoms with Crippen LogP contribution >= 0.6 is 11.5 Å². The van der Waals surface area contributed by atoms with E-state index in [4.69, 9.17) is 0 Å². The summed E-state index contributed by atoms with van der Waals surface area (Å²) >= 11 is 1.55. The van der Waals surface area contributed by atoms with Gasteiger partial charge in [0.2, 0.25) is 0 Å². The molecule has 3 nitrogen and oxygen atoms in total. The summed E-state index contributed by atoms with van der Waals surface area (Å²) in [5.41, 5.74) is 2.62. The quantitative estimate of drug-likeness (QED) is 0.910. The average molecular weight is 287 g/mol. The zero-order valence-electron chi connectivity index (χ0n) is 12.2. The largest absolute Gasteiger partial charge is 0.312 e. The SMILES string of the molecule is CNC(c1snnc1C(C)C)C1CC1c1ccccc1. The molecule has 1 aliphatic carbocycles. The molecule has 1 saturated carbocycles. The van der Waals surface area contributed by atoms with Gasteiger partial charge >= 0.3 is 0 Å². The smallest absolute Gasteiger partial charge is 0.0829 e. The lowest BCUT2D eigenvalue weighted by Gasteiger charge is -2.16. The maximum absolute atomic E-state index is 4.32. The molecule has 1 aromatic heterocycles. The van der Waals surface area contributed by atoms with E-state index < -0.39 is 0 Å². The van der Waals surface area contributed by atoms with Gasteiger partial charge < -0.3 is 5.32 Å². The fourth-order valence-electron chi connectivity index (χ4n) is 3.03. The molecule has 0 spiro atoms. The zero-order valence-corrected chi connectivity index (χ0v) is 13.0. The van der Waals surface area contributed by atoms with Crippen LogP contribution in [0.4, 0.5) is 0 Å². The second-order valence-corrected chi connectivity index (χ2v) is 6.65. The molecule has 0 saturated heterocycles. The number of rotatable bonds is 5. The van der Waals surface area contributed by atoms with Crippen molar-refractivity contribution >= 4 is 11.5 Å². The van der Waals surface area contributed by atoms with E-state index in [1.165, 1.54) is 16.9 Å². The standard InChI is InChI=1S/C16H21N3S/c1-10(2)14-16(20-19-18-14)15(17-3)13-9-12(13)11-7-5-4-6-8-11/h4-8,10,12-13,15,17H,9H2,1-3H3. The summed E-state index contributed by atoms with van der Waals surface area (Å²) in [5, 5.41) is 7.81. The van der Waals surface area contributed by atoms with Crippen LogP contribution in [0.1, 0.15) is 54.3 Å². The molecule has 0 radical (unpaired) electrons. The van der Waals surface area contributed by atoms with Crippen molar-refractivity contribution < 1.29 is 0 Å². The molecule has 3 atom stereocenters. The average Bonchev–Trinajstić information content (AvgIpc) is 3.08. The second kappa shape index (κ2) is 5.62. The zero-order chi connectivity index (χ0) is 14.1. The first-order valence-corrected chi connectivity index (χ1v) is 8.04. The minimum Gasteiger partial charge on any atom is -0.312 e. The van der Waals surface area contributed by atoms with Crippen molar-refractivity contribution in [3.63, 3.8) is 0 Å². The number of aromatic nitrogens is 2. The van der Waals surface area contributed by atoms with Crippen LogP contribution < -0.4 is 5.32 Å². The van der Waals surface area contributed by atoms with Crippen molar-refractivity contribution in [2.45, 2.75) is 38.1 Å². The summed E-state index contributed by atoms with van der Waals surface area (Å²) < 4.78 is 4.17. The third kappa shape index (κ3) is 2.50. The Bertz CT molecular complexity index is 564. The Morgan fingerprint density at radius 3 is 2.65 bits per heavy atom. The lowest BCUT2D eigenvalue weighted by atomic mass is 10.0. The van der Waals surface area contributed by atoms with Crippen LogP contribution in [0, 0.1) is 5.92 Å². The van der Waals surface area contributed by atoms with Crippen LogP contribution in [0.25, 0.3) is 0 Å². The first-order chi connectivity index (χ1) is 9.72. The Morgan fingerprint density at radius 2 is 2.00 bits per heavy atom. The van der Waals surface area contributed by atoms with E-state index in [0.29, 0.717) is 23.8 Å². The molecule has 106 valence electrons. The van der Waals surface area contributed by atoms with E-state index >= 15 is 0 Å². The Labute approximate surface area is 124 Å². The Hall–Kier alpha value is -1.26. The van der Waals surface area contributed by atoms with E-state index in [1.54, 1.807) is 11.5 Å². The lowest BCUT2D eigenvalue weighted by molar-refractivity contribution is 0.518. The topological polar surface area (TPSA) is 37.8 Å². The highest BCUT2D eigenvalue weighted by Crippen LogP contribution is 2.54. The van der Waals surface area contributed by atoms with Gasteiger partial charge in [-0.05, 0) is 48.3 Å². The van der Waals surface area contributed by atoms with Crippen LogP contribution in [0.3, 0.4) is 0 Å². The van der Waals surface area contributed by atoms with Crippen LogP contribution in [-0.2, 0) is 0 Å². The summed E-state index contributed by atoms with van der Waals surface area (Å²) in [6.45, 7) is 4.38. The molecule has 20 heavy (non-hydrogen) atoms. The number of nitrogens with one attached hydrogen (secondary N) is 1. The second-order valence-electron chi connectivity index (χ2n) is 5.86. The van der Waals surface area contributed by atoms with Crippen molar-refractivity contribution in [3.05, 3.63) is 46.5 Å². The van der Waals surface area contributed by atoms with E-state index in [0.717, 1.165) is 5.69 Å². The van der Waals surface area contributed by atoms with E-state index in [-0.39, 0.29) is 0 Å². The molecule has 1 aliphatic rings. The highest BCUT2D eigenvalue weighted by molar-refractivity contribution is 7.05. The first-order valence-electron chi connectivity index (χ1n) is 7.26. The fraction of sp³-hybridized carbons (Fsp3) is 0.500. The molecule has 1 fully saturated rings. The maximum Gasteiger partial charge on any atom is 0.0829 e. The highest BCUT2D eigenvalue weighted by Gasteiger charge is 2.45. The van der Waals surface area contributed by atoms with Gasteiger partial charge in [0.25, 0.3) is 0 Å². The van der Waals surface area contributed by atoms with Gasteiger partial charge in [-0.3, -0.25) is 0 Å². The van der Waals surface area contributed by atoms with Crippen molar-refractivity contribution in [2.24, 2.45) is 5.92 Å². The Balaban J connectivity index is 1.81. The van der Waals surface area contributed by atoms with Gasteiger partial charge in [-0.25, -0.2) is 0 Å². The molecular formula is C16H21N3S. The van der Waals surface area contributed by atoms with Crippen LogP contribution in [0.2, 0.25) is 0 Å². The van der Waals surface area contributed by atoms with E-state index in [1.807, 2.05) is 0 Å². The Kier molecular flexibility index (Phi) is 3.85. The number of hydrogen-bond donors (Lipinski definition) is 1. The monoisotopic (exact) mass is 287 g/mol. The van der Waals surface area contributed by atoms with Crippen LogP contribution in [-0.4, -0.2) is 16.6 Å². The van der Waals surface area contributed by atoms with Crippen molar-refractivity contribution in [2.75, 3.05) is 7.05 Å². The third-order valence-corrected chi connectivity index (χ3v) is 5.00. The van der Waals surface area contributed by atoms with Gasteiger partial charge in [-0.1, -0.05) is 48.7 Å². The first kappa shape index (κ1) is 13.7. The van der Waals surface area contributed by atoms with Crippen LogP contribution in [0.15, 0.2) is 30.3 Å². The van der Waals surface area contributed by atoms with Crippen molar-refractivity contribution in [1.82, 2.24) is 14.9 Å². The normalized spacial score (nSPS) is 23.0. The molecule has 0 bridgehead atoms. The highest BCUT2D eigenvalue weighted by atomic mass is 32.1. The molecule has 4 heteroatoms. The summed E-state index contributed by atoms with van der Waals surface area (Å²) in [6, 6.07) is 11.2. The minimum atomic E-state index is 0.387. The number of nitrogens with zero attached hydrogens (tertiary/aromatic N) is 2. The molecule has 2 aromatic rings. The van der Waals surface area contributed by atoms with Crippen LogP contribution in [0.5, 0.6) is 0 Å². The number of hydrogen-bond acceptors (Lipinski definition) is 4. The van der Waals surface area contributed by atoms with Gasteiger partial charge in [0.15, 0.2) is 0 Å². The van der Waals surface area contributed by atoms with Gasteiger partial charge in [-0.15, -0.1) is 5.10 Å². The number of benzene rings is 1. The summed E-state index contributed by atoms with van der Waals surface area (Å²) in [7, 11) is 2.05. The van der Waals surface area contributed by atoms with E-state index in [2.05, 4.69) is 66.1 Å². The molecule has 1 N–H and O–H groups in total. The van der Waals surface area contributed by atoms with E-state index in [9.17, 15) is 0 Å². The summed E-state index contributed by atoms with van der Waals surface area (Å²) in [4.78, 5) is 1.32. The fourth-order valence-corrected chi connectivity index (χ4v) is 4.02. The van der Waals surface area contributed by atoms with Crippen molar-refractivity contribution in [3.8, 4) is 0 Å². The molecular weight excluding hydrogens is 266 g/mol. The summed E-state index contributed by atoms with van der Waals surface area (Å²) in [6.07, 6.45) is 1.25. The predicted octanol–water partition coefficient (Wildman–Crippen LogP) is 3.73. The van der Waals surface area contributed by atoms with Crippen molar-refractivity contribution in [1.29, 1.82) is 0 Å². The Morgan fingerprint density at radius 1 is 1.25 bits per heavy atom. The molecule has 3 unspecified atom stereocenters. The predicted molar refractivity (Wildman–Crippen MR) is 83.1 cm³/mol. The molecule has 3 rings (SSSR count). The van der Waals surface area contributed by atoms with Gasteiger partial charge in [0.05, 0.1) is 10.6 Å². The van der Waals surface area contributed by atoms with Gasteiger partial charge in [0.1, 0.15) is 0 Å².